The van der Waals surface area contributed by atoms with Crippen LogP contribution < -0.4 is 31.0 Å². The van der Waals surface area contributed by atoms with Crippen LogP contribution in [0.2, 0.25) is 0 Å². The predicted octanol–water partition coefficient (Wildman–Crippen LogP) is 2.74. The van der Waals surface area contributed by atoms with Crippen LogP contribution in [0.3, 0.4) is 0 Å². The molecule has 27 heavy (non-hydrogen) atoms. The fourth-order valence-electron chi connectivity index (χ4n) is 2.23. The molecule has 0 aliphatic carbocycles. The molecule has 0 bridgehead atoms. The van der Waals surface area contributed by atoms with Gasteiger partial charge in [0, 0.05) is 33.8 Å². The summed E-state index contributed by atoms with van der Waals surface area (Å²) in [5, 5.41) is 1.56. The lowest BCUT2D eigenvalue weighted by atomic mass is 10.0. The van der Waals surface area contributed by atoms with E-state index in [1.807, 2.05) is 0 Å². The first-order valence-electron chi connectivity index (χ1n) is 14.7. The summed E-state index contributed by atoms with van der Waals surface area (Å²) in [6.07, 6.45) is 0. The fraction of sp³-hybridized carbons (Fsp3) is 0.263. The molecular weight excluding hydrogens is 346 g/mol. The molecule has 0 aliphatic heterocycles. The van der Waals surface area contributed by atoms with Gasteiger partial charge in [0.1, 0.15) is 5.82 Å². The van der Waals surface area contributed by atoms with Crippen LogP contribution in [-0.2, 0) is 6.50 Å². The fourth-order valence-corrected chi connectivity index (χ4v) is 2.23. The van der Waals surface area contributed by atoms with Crippen molar-refractivity contribution in [1.82, 2.24) is 9.97 Å². The number of nitrogen functional groups attached to an aromatic ring is 2. The van der Waals surface area contributed by atoms with Gasteiger partial charge in [0.25, 0.3) is 0 Å². The van der Waals surface area contributed by atoms with E-state index < -0.39 is 108 Å². The summed E-state index contributed by atoms with van der Waals surface area (Å²) in [5.41, 5.74) is 8.18. The van der Waals surface area contributed by atoms with Gasteiger partial charge < -0.3 is 31.0 Å². The van der Waals surface area contributed by atoms with Crippen LogP contribution in [0.5, 0.6) is 17.2 Å². The molecule has 1 heterocycles. The monoisotopic (exact) mass is 384 g/mol. The summed E-state index contributed by atoms with van der Waals surface area (Å²) >= 11 is 0. The molecule has 3 aromatic rings. The van der Waals surface area contributed by atoms with Crippen molar-refractivity contribution in [3.05, 3.63) is 35.3 Å². The number of methoxy groups -OCH3 is 3. The zero-order valence-corrected chi connectivity index (χ0v) is 13.8. The number of hydrogen-bond acceptors (Lipinski definition) is 8. The van der Waals surface area contributed by atoms with Crippen molar-refractivity contribution in [1.29, 1.82) is 0 Å². The summed E-state index contributed by atoms with van der Waals surface area (Å²) in [4.78, 5) is 7.48. The van der Waals surface area contributed by atoms with Crippen LogP contribution in [0.15, 0.2) is 24.2 Å². The SMILES string of the molecule is [2H]c1c(NC([2H])([2H])c2c([2H])c([2H])c3nc(N)nc(N)c3c2C([2H])([2H])[2H])c([2H])c(OC([2H])([2H])[2H])c(OC)c1OC([2H])([2H])[2H]. The minimum atomic E-state index is -3.26. The van der Waals surface area contributed by atoms with Gasteiger partial charge in [-0.2, -0.15) is 4.98 Å². The second-order valence-electron chi connectivity index (χ2n) is 4.96. The van der Waals surface area contributed by atoms with Gasteiger partial charge in [-0.15, -0.1) is 0 Å². The van der Waals surface area contributed by atoms with Gasteiger partial charge in [0.05, 0.1) is 43.2 Å². The molecule has 0 fully saturated rings. The van der Waals surface area contributed by atoms with E-state index in [0.29, 0.717) is 0 Å². The van der Waals surface area contributed by atoms with Crippen molar-refractivity contribution >= 4 is 28.4 Å². The topological polar surface area (TPSA) is 118 Å². The smallest absolute Gasteiger partial charge is 0.222 e. The third kappa shape index (κ3) is 3.46. The maximum atomic E-state index is 8.74. The number of nitrogens with one attached hydrogen (secondary N) is 1. The van der Waals surface area contributed by atoms with Gasteiger partial charge in [-0.3, -0.25) is 0 Å². The first kappa shape index (κ1) is 7.30. The van der Waals surface area contributed by atoms with E-state index in [0.717, 1.165) is 7.11 Å². The van der Waals surface area contributed by atoms with Crippen molar-refractivity contribution in [3.63, 3.8) is 0 Å². The normalized spacial score (nSPS) is 20.7. The molecule has 0 saturated carbocycles. The number of aromatic nitrogens is 2. The van der Waals surface area contributed by atoms with Crippen molar-refractivity contribution in [2.24, 2.45) is 0 Å². The first-order chi connectivity index (χ1) is 18.9. The van der Waals surface area contributed by atoms with E-state index in [1.165, 1.54) is 0 Å². The zero-order valence-electron chi connectivity index (χ0n) is 28.8. The number of rotatable bonds is 6. The quantitative estimate of drug-likeness (QED) is 0.594. The van der Waals surface area contributed by atoms with E-state index in [1.54, 1.807) is 0 Å². The predicted molar refractivity (Wildman–Crippen MR) is 107 cm³/mol. The summed E-state index contributed by atoms with van der Waals surface area (Å²) in [6.45, 7) is -6.47. The van der Waals surface area contributed by atoms with E-state index in [4.69, 9.17) is 46.2 Å². The number of anilines is 3. The number of ether oxygens (including phenoxy) is 3. The van der Waals surface area contributed by atoms with Gasteiger partial charge in [0.2, 0.25) is 11.7 Å². The summed E-state index contributed by atoms with van der Waals surface area (Å²) in [7, 11) is -5.56. The van der Waals surface area contributed by atoms with Crippen LogP contribution in [0.1, 0.15) is 31.7 Å². The Bertz CT molecular complexity index is 1510. The van der Waals surface area contributed by atoms with Crippen molar-refractivity contribution in [3.8, 4) is 17.2 Å². The molecule has 0 unspecified atom stereocenters. The lowest BCUT2D eigenvalue weighted by Gasteiger charge is -2.16. The minimum absolute atomic E-state index is 0.447. The summed E-state index contributed by atoms with van der Waals surface area (Å²) in [5.74, 6) is -3.71. The highest BCUT2D eigenvalue weighted by Crippen LogP contribution is 2.40. The Balaban J connectivity index is 2.44. The molecular formula is C19H23N5O3. The Morgan fingerprint density at radius 1 is 1.15 bits per heavy atom. The van der Waals surface area contributed by atoms with Gasteiger partial charge >= 0.3 is 0 Å². The molecule has 0 amide bonds. The van der Waals surface area contributed by atoms with Crippen LogP contribution >= 0.6 is 0 Å². The Morgan fingerprint density at radius 3 is 2.52 bits per heavy atom. The number of nitrogens with zero attached hydrogens (tertiary/aromatic N) is 2. The summed E-state index contributed by atoms with van der Waals surface area (Å²) in [6, 6.07) is -3.84. The third-order valence-corrected chi connectivity index (χ3v) is 3.37. The van der Waals surface area contributed by atoms with E-state index in [-0.39, 0.29) is 0 Å². The van der Waals surface area contributed by atoms with Crippen molar-refractivity contribution < 1.29 is 34.8 Å². The minimum Gasteiger partial charge on any atom is -0.493 e. The maximum absolute atomic E-state index is 8.74. The molecule has 0 aliphatic rings. The average Bonchev–Trinajstić information content (AvgIpc) is 2.79. The Hall–Kier alpha value is -3.42. The molecule has 5 N–H and O–H groups in total. The van der Waals surface area contributed by atoms with Crippen LogP contribution in [0.4, 0.5) is 17.5 Å². The molecule has 0 spiro atoms. The molecule has 142 valence electrons. The standard InChI is InChI=1S/C19H23N5O3/c1-10-11(5-6-13-16(10)18(20)24-19(21)23-13)9-22-12-7-14(25-2)17(27-4)15(8-12)26-3/h5-8,22H,9H2,1-4H3,(H4,20,21,23,24)/i1D3,2D3,3D3,5D,6D,7D,8D,9D2. The Kier molecular flexibility index (Phi) is 2.01. The molecule has 0 atom stereocenters. The second-order valence-corrected chi connectivity index (χ2v) is 4.96. The zero-order chi connectivity index (χ0) is 32.3. The average molecular weight is 385 g/mol. The van der Waals surface area contributed by atoms with Gasteiger partial charge in [-0.05, 0) is 24.0 Å². The maximum Gasteiger partial charge on any atom is 0.222 e. The van der Waals surface area contributed by atoms with E-state index in [9.17, 15) is 0 Å². The van der Waals surface area contributed by atoms with Gasteiger partial charge in [-0.25, -0.2) is 4.98 Å². The number of hydrogen-bond donors (Lipinski definition) is 3. The molecule has 3 rings (SSSR count). The van der Waals surface area contributed by atoms with Crippen molar-refractivity contribution in [2.75, 3.05) is 38.0 Å². The molecule has 0 saturated heterocycles. The van der Waals surface area contributed by atoms with Gasteiger partial charge in [0.15, 0.2) is 11.5 Å². The third-order valence-electron chi connectivity index (χ3n) is 3.37. The first-order valence-corrected chi connectivity index (χ1v) is 7.15. The van der Waals surface area contributed by atoms with E-state index >= 15 is 0 Å². The largest absolute Gasteiger partial charge is 0.493 e. The lowest BCUT2D eigenvalue weighted by molar-refractivity contribution is 0.324. The molecule has 0 radical (unpaired) electrons. The lowest BCUT2D eigenvalue weighted by Crippen LogP contribution is -2.06. The highest BCUT2D eigenvalue weighted by atomic mass is 16.5. The molecule has 8 heteroatoms. The van der Waals surface area contributed by atoms with Crippen LogP contribution in [0.25, 0.3) is 10.9 Å². The highest BCUT2D eigenvalue weighted by molar-refractivity contribution is 5.92. The molecule has 2 aromatic carbocycles. The number of benzene rings is 2. The number of nitrogens with two attached hydrogens (primary N) is 2. The second kappa shape index (κ2) is 7.45. The van der Waals surface area contributed by atoms with Crippen molar-refractivity contribution in [2.45, 2.75) is 13.3 Å². The number of aryl methyl sites for hydroxylation is 1. The Labute approximate surface area is 178 Å². The van der Waals surface area contributed by atoms with Crippen LogP contribution in [0, 0.1) is 6.85 Å². The highest BCUT2D eigenvalue weighted by Gasteiger charge is 2.14. The van der Waals surface area contributed by atoms with Crippen LogP contribution in [-0.4, -0.2) is 31.2 Å². The Morgan fingerprint density at radius 2 is 1.89 bits per heavy atom. The molecule has 1 aromatic heterocycles. The summed E-state index contributed by atoms with van der Waals surface area (Å²) < 4.78 is 135. The van der Waals surface area contributed by atoms with E-state index in [2.05, 4.69) is 15.3 Å². The molecule has 8 nitrogen and oxygen atoms in total. The van der Waals surface area contributed by atoms with Gasteiger partial charge in [-0.1, -0.05) is 6.04 Å². The number of fused-ring (bicyclic) bond motifs is 1.